The highest BCUT2D eigenvalue weighted by atomic mass is 32.2. The van der Waals surface area contributed by atoms with Gasteiger partial charge in [0.1, 0.15) is 5.82 Å². The summed E-state index contributed by atoms with van der Waals surface area (Å²) in [6.07, 6.45) is 4.30. The third-order valence-electron chi connectivity index (χ3n) is 3.07. The van der Waals surface area contributed by atoms with Gasteiger partial charge in [-0.15, -0.1) is 0 Å². The van der Waals surface area contributed by atoms with Crippen LogP contribution in [0.2, 0.25) is 0 Å². The van der Waals surface area contributed by atoms with Crippen molar-refractivity contribution < 1.29 is 9.18 Å². The number of thioether (sulfide) groups is 1. The zero-order chi connectivity index (χ0) is 12.5. The van der Waals surface area contributed by atoms with Crippen LogP contribution in [0.4, 0.5) is 10.1 Å². The number of halogens is 1. The van der Waals surface area contributed by atoms with Crippen LogP contribution in [-0.2, 0) is 0 Å². The second-order valence-electron chi connectivity index (χ2n) is 4.31. The van der Waals surface area contributed by atoms with Crippen LogP contribution in [-0.4, -0.2) is 23.5 Å². The largest absolute Gasteiger partial charge is 0.396 e. The van der Waals surface area contributed by atoms with E-state index < -0.39 is 5.82 Å². The van der Waals surface area contributed by atoms with E-state index in [1.165, 1.54) is 18.2 Å². The first-order valence-electron chi connectivity index (χ1n) is 5.45. The third-order valence-corrected chi connectivity index (χ3v) is 4.49. The summed E-state index contributed by atoms with van der Waals surface area (Å²) in [6.45, 7) is 0.638. The quantitative estimate of drug-likeness (QED) is 0.808. The summed E-state index contributed by atoms with van der Waals surface area (Å²) in [7, 11) is 0. The molecule has 0 bridgehead atoms. The topological polar surface area (TPSA) is 55.1 Å². The molecule has 0 radical (unpaired) electrons. The monoisotopic (exact) mass is 254 g/mol. The predicted molar refractivity (Wildman–Crippen MR) is 68.6 cm³/mol. The lowest BCUT2D eigenvalue weighted by Crippen LogP contribution is -2.31. The molecule has 1 fully saturated rings. The van der Waals surface area contributed by atoms with Gasteiger partial charge in [-0.25, -0.2) is 4.39 Å². The summed E-state index contributed by atoms with van der Waals surface area (Å²) < 4.78 is 13.4. The first kappa shape index (κ1) is 12.2. The summed E-state index contributed by atoms with van der Waals surface area (Å²) in [5, 5.41) is 2.83. The molecular formula is C12H15FN2OS. The van der Waals surface area contributed by atoms with Gasteiger partial charge < -0.3 is 11.1 Å². The van der Waals surface area contributed by atoms with Crippen molar-refractivity contribution in [2.45, 2.75) is 17.6 Å². The molecule has 3 N–H and O–H groups in total. The Morgan fingerprint density at radius 1 is 1.59 bits per heavy atom. The molecule has 92 valence electrons. The standard InChI is InChI=1S/C12H15FN2OS/c1-17-12(4-5-12)7-15-11(16)8-2-3-10(14)9(13)6-8/h2-3,6H,4-5,7,14H2,1H3,(H,15,16). The molecule has 1 aliphatic rings. The van der Waals surface area contributed by atoms with Crippen molar-refractivity contribution in [1.82, 2.24) is 5.32 Å². The van der Waals surface area contributed by atoms with E-state index in [1.807, 2.05) is 6.26 Å². The van der Waals surface area contributed by atoms with E-state index in [9.17, 15) is 9.18 Å². The Morgan fingerprint density at radius 3 is 2.82 bits per heavy atom. The van der Waals surface area contributed by atoms with Crippen LogP contribution in [0.25, 0.3) is 0 Å². The second kappa shape index (κ2) is 4.56. The Balaban J connectivity index is 1.97. The van der Waals surface area contributed by atoms with Gasteiger partial charge in [-0.3, -0.25) is 4.79 Å². The average molecular weight is 254 g/mol. The first-order chi connectivity index (χ1) is 8.06. The molecule has 0 aromatic heterocycles. The molecule has 0 aliphatic heterocycles. The van der Waals surface area contributed by atoms with E-state index in [0.717, 1.165) is 12.8 Å². The molecule has 17 heavy (non-hydrogen) atoms. The van der Waals surface area contributed by atoms with Gasteiger partial charge in [0.25, 0.3) is 5.91 Å². The number of rotatable bonds is 4. The Hall–Kier alpha value is -1.23. The molecule has 3 nitrogen and oxygen atoms in total. The van der Waals surface area contributed by atoms with E-state index in [0.29, 0.717) is 12.1 Å². The number of amides is 1. The van der Waals surface area contributed by atoms with Crippen LogP contribution in [0, 0.1) is 5.82 Å². The second-order valence-corrected chi connectivity index (χ2v) is 5.58. The van der Waals surface area contributed by atoms with Gasteiger partial charge in [0, 0.05) is 16.9 Å². The first-order valence-corrected chi connectivity index (χ1v) is 6.67. The van der Waals surface area contributed by atoms with Crippen LogP contribution >= 0.6 is 11.8 Å². The number of hydrogen-bond donors (Lipinski definition) is 2. The molecule has 0 atom stereocenters. The maximum Gasteiger partial charge on any atom is 0.251 e. The van der Waals surface area contributed by atoms with E-state index in [2.05, 4.69) is 5.32 Å². The SMILES string of the molecule is CSC1(CNC(=O)c2ccc(N)c(F)c2)CC1. The van der Waals surface area contributed by atoms with E-state index in [-0.39, 0.29) is 16.3 Å². The number of carbonyl (C=O) groups excluding carboxylic acids is 1. The molecule has 1 amide bonds. The highest BCUT2D eigenvalue weighted by Gasteiger charge is 2.41. The Bertz CT molecular complexity index is 446. The van der Waals surface area contributed by atoms with Crippen LogP contribution in [0.15, 0.2) is 18.2 Å². The lowest BCUT2D eigenvalue weighted by molar-refractivity contribution is 0.0952. The van der Waals surface area contributed by atoms with Gasteiger partial charge in [0.2, 0.25) is 0 Å². The lowest BCUT2D eigenvalue weighted by atomic mass is 10.2. The minimum absolute atomic E-state index is 0.0596. The van der Waals surface area contributed by atoms with Crippen LogP contribution in [0.5, 0.6) is 0 Å². The molecule has 2 rings (SSSR count). The molecule has 0 saturated heterocycles. The van der Waals surface area contributed by atoms with Gasteiger partial charge in [0.15, 0.2) is 0 Å². The van der Waals surface area contributed by atoms with Crippen molar-refractivity contribution in [3.05, 3.63) is 29.6 Å². The van der Waals surface area contributed by atoms with Crippen molar-refractivity contribution in [1.29, 1.82) is 0 Å². The van der Waals surface area contributed by atoms with Crippen molar-refractivity contribution in [3.8, 4) is 0 Å². The molecule has 1 aliphatic carbocycles. The van der Waals surface area contributed by atoms with Crippen LogP contribution in [0.1, 0.15) is 23.2 Å². The molecule has 5 heteroatoms. The van der Waals surface area contributed by atoms with Crippen molar-refractivity contribution in [2.75, 3.05) is 18.5 Å². The van der Waals surface area contributed by atoms with Crippen molar-refractivity contribution in [3.63, 3.8) is 0 Å². The zero-order valence-electron chi connectivity index (χ0n) is 9.63. The molecule has 0 spiro atoms. The molecular weight excluding hydrogens is 239 g/mol. The Kier molecular flexibility index (Phi) is 3.28. The summed E-state index contributed by atoms with van der Waals surface area (Å²) in [5.74, 6) is -0.798. The van der Waals surface area contributed by atoms with E-state index >= 15 is 0 Å². The highest BCUT2D eigenvalue weighted by molar-refractivity contribution is 8.00. The molecule has 1 aromatic rings. The number of nitrogens with one attached hydrogen (secondary N) is 1. The van der Waals surface area contributed by atoms with Gasteiger partial charge in [-0.2, -0.15) is 11.8 Å². The average Bonchev–Trinajstić information content (AvgIpc) is 3.10. The number of anilines is 1. The van der Waals surface area contributed by atoms with Crippen LogP contribution in [0.3, 0.4) is 0 Å². The zero-order valence-corrected chi connectivity index (χ0v) is 10.4. The van der Waals surface area contributed by atoms with Gasteiger partial charge >= 0.3 is 0 Å². The fraction of sp³-hybridized carbons (Fsp3) is 0.417. The van der Waals surface area contributed by atoms with Crippen molar-refractivity contribution in [2.24, 2.45) is 0 Å². The molecule has 1 saturated carbocycles. The van der Waals surface area contributed by atoms with E-state index in [4.69, 9.17) is 5.73 Å². The van der Waals surface area contributed by atoms with Crippen LogP contribution < -0.4 is 11.1 Å². The number of benzene rings is 1. The fourth-order valence-corrected chi connectivity index (χ4v) is 2.33. The Labute approximate surface area is 104 Å². The minimum Gasteiger partial charge on any atom is -0.396 e. The van der Waals surface area contributed by atoms with Gasteiger partial charge in [-0.1, -0.05) is 0 Å². The summed E-state index contributed by atoms with van der Waals surface area (Å²) in [5.41, 5.74) is 5.73. The lowest BCUT2D eigenvalue weighted by Gasteiger charge is -2.13. The number of nitrogens with two attached hydrogens (primary N) is 1. The summed E-state index contributed by atoms with van der Waals surface area (Å²) in [6, 6.07) is 4.11. The molecule has 0 heterocycles. The predicted octanol–water partition coefficient (Wildman–Crippen LogP) is 2.03. The summed E-state index contributed by atoms with van der Waals surface area (Å²) in [4.78, 5) is 11.8. The number of hydrogen-bond acceptors (Lipinski definition) is 3. The Morgan fingerprint density at radius 2 is 2.29 bits per heavy atom. The third kappa shape index (κ3) is 2.72. The number of nitrogen functional groups attached to an aromatic ring is 1. The normalized spacial score (nSPS) is 16.6. The fourth-order valence-electron chi connectivity index (χ4n) is 1.60. The van der Waals surface area contributed by atoms with Crippen molar-refractivity contribution >= 4 is 23.4 Å². The maximum absolute atomic E-state index is 13.2. The number of carbonyl (C=O) groups is 1. The molecule has 0 unspecified atom stereocenters. The van der Waals surface area contributed by atoms with Gasteiger partial charge in [-0.05, 0) is 37.3 Å². The highest BCUT2D eigenvalue weighted by Crippen LogP contribution is 2.46. The van der Waals surface area contributed by atoms with E-state index in [1.54, 1.807) is 11.8 Å². The summed E-state index contributed by atoms with van der Waals surface area (Å²) >= 11 is 1.77. The minimum atomic E-state index is -0.552. The van der Waals surface area contributed by atoms with Gasteiger partial charge in [0.05, 0.1) is 5.69 Å². The maximum atomic E-state index is 13.2. The smallest absolute Gasteiger partial charge is 0.251 e. The molecule has 1 aromatic carbocycles.